The van der Waals surface area contributed by atoms with Crippen LogP contribution in [0.15, 0.2) is 84.9 Å². The van der Waals surface area contributed by atoms with Crippen LogP contribution in [0.25, 0.3) is 0 Å². The van der Waals surface area contributed by atoms with Crippen molar-refractivity contribution in [3.05, 3.63) is 102 Å². The summed E-state index contributed by atoms with van der Waals surface area (Å²) < 4.78 is 4.50. The van der Waals surface area contributed by atoms with E-state index in [9.17, 15) is 9.59 Å². The molecule has 0 radical (unpaired) electrons. The molecule has 0 aliphatic carbocycles. The summed E-state index contributed by atoms with van der Waals surface area (Å²) in [4.78, 5) is 22.8. The van der Waals surface area contributed by atoms with Crippen molar-refractivity contribution in [2.75, 3.05) is 12.8 Å². The quantitative estimate of drug-likeness (QED) is 0.447. The topological polar surface area (TPSA) is 69.4 Å². The zero-order valence-corrected chi connectivity index (χ0v) is 13.9. The first-order valence-corrected chi connectivity index (χ1v) is 7.71. The fourth-order valence-corrected chi connectivity index (χ4v) is 2.14. The summed E-state index contributed by atoms with van der Waals surface area (Å²) in [7, 11) is 1.33. The van der Waals surface area contributed by atoms with Crippen molar-refractivity contribution in [2.45, 2.75) is 0 Å². The van der Waals surface area contributed by atoms with E-state index in [1.807, 2.05) is 60.7 Å². The molecule has 3 aromatic rings. The number of nitrogen functional groups attached to an aromatic ring is 1. The van der Waals surface area contributed by atoms with Gasteiger partial charge in [0.25, 0.3) is 0 Å². The van der Waals surface area contributed by atoms with Gasteiger partial charge < -0.3 is 10.5 Å². The van der Waals surface area contributed by atoms with Gasteiger partial charge in [0.1, 0.15) is 0 Å². The molecule has 3 rings (SSSR count). The number of carbonyl (C=O) groups excluding carboxylic acids is 2. The highest BCUT2D eigenvalue weighted by Crippen LogP contribution is 2.11. The number of ketones is 1. The van der Waals surface area contributed by atoms with Crippen molar-refractivity contribution in [3.8, 4) is 0 Å². The van der Waals surface area contributed by atoms with Crippen molar-refractivity contribution in [2.24, 2.45) is 0 Å². The van der Waals surface area contributed by atoms with Crippen LogP contribution in [-0.2, 0) is 4.74 Å². The number of esters is 1. The molecule has 25 heavy (non-hydrogen) atoms. The number of methoxy groups -OCH3 is 1. The lowest BCUT2D eigenvalue weighted by Gasteiger charge is -2.00. The molecule has 0 atom stereocenters. The second-order valence-electron chi connectivity index (χ2n) is 5.14. The number of hydrogen-bond acceptors (Lipinski definition) is 4. The molecule has 0 heterocycles. The number of carbonyl (C=O) groups is 2. The van der Waals surface area contributed by atoms with E-state index in [2.05, 4.69) is 4.74 Å². The van der Waals surface area contributed by atoms with Gasteiger partial charge in [0.2, 0.25) is 0 Å². The highest BCUT2D eigenvalue weighted by Gasteiger charge is 2.07. The van der Waals surface area contributed by atoms with Crippen LogP contribution < -0.4 is 5.73 Å². The Morgan fingerprint density at radius 3 is 1.60 bits per heavy atom. The van der Waals surface area contributed by atoms with Crippen molar-refractivity contribution < 1.29 is 14.3 Å². The largest absolute Gasteiger partial charge is 0.465 e. The SMILES string of the molecule is COC(=O)c1ccccc1N.O=C(c1ccccc1)c1ccccc1. The molecular weight excluding hydrogens is 314 g/mol. The summed E-state index contributed by atoms with van der Waals surface area (Å²) in [5, 5.41) is 0. The van der Waals surface area contributed by atoms with Crippen molar-refractivity contribution in [1.29, 1.82) is 0 Å². The third-order valence-electron chi connectivity index (χ3n) is 3.44. The average molecular weight is 333 g/mol. The van der Waals surface area contributed by atoms with E-state index in [4.69, 9.17) is 5.73 Å². The van der Waals surface area contributed by atoms with Gasteiger partial charge in [0, 0.05) is 16.8 Å². The van der Waals surface area contributed by atoms with Gasteiger partial charge in [-0.15, -0.1) is 0 Å². The first-order chi connectivity index (χ1) is 12.1. The standard InChI is InChI=1S/C13H10O.C8H9NO2/c14-13(11-7-3-1-4-8-11)12-9-5-2-6-10-12;1-11-8(10)6-4-2-3-5-7(6)9/h1-10H;2-5H,9H2,1H3. The van der Waals surface area contributed by atoms with Gasteiger partial charge in [-0.1, -0.05) is 72.8 Å². The van der Waals surface area contributed by atoms with Gasteiger partial charge in [0.15, 0.2) is 5.78 Å². The molecule has 4 nitrogen and oxygen atoms in total. The Balaban J connectivity index is 0.000000186. The maximum Gasteiger partial charge on any atom is 0.339 e. The minimum absolute atomic E-state index is 0.0752. The Hall–Kier alpha value is -3.40. The lowest BCUT2D eigenvalue weighted by atomic mass is 10.0. The molecular formula is C21H19NO3. The summed E-state index contributed by atoms with van der Waals surface area (Å²) in [5.74, 6) is -0.325. The Kier molecular flexibility index (Phi) is 6.48. The van der Waals surface area contributed by atoms with Gasteiger partial charge in [0.05, 0.1) is 12.7 Å². The number of anilines is 1. The Labute approximate surface area is 146 Å². The third-order valence-corrected chi connectivity index (χ3v) is 3.44. The van der Waals surface area contributed by atoms with Gasteiger partial charge in [-0.25, -0.2) is 4.79 Å². The second kappa shape index (κ2) is 9.03. The fraction of sp³-hybridized carbons (Fsp3) is 0.0476. The molecule has 0 spiro atoms. The fourth-order valence-electron chi connectivity index (χ4n) is 2.14. The van der Waals surface area contributed by atoms with Crippen LogP contribution in [-0.4, -0.2) is 18.9 Å². The second-order valence-corrected chi connectivity index (χ2v) is 5.14. The molecule has 4 heteroatoms. The molecule has 0 bridgehead atoms. The third kappa shape index (κ3) is 5.04. The Morgan fingerprint density at radius 1 is 0.720 bits per heavy atom. The number of rotatable bonds is 3. The molecule has 0 saturated heterocycles. The lowest BCUT2D eigenvalue weighted by molar-refractivity contribution is 0.0602. The smallest absolute Gasteiger partial charge is 0.339 e. The highest BCUT2D eigenvalue weighted by atomic mass is 16.5. The molecule has 2 N–H and O–H groups in total. The molecule has 3 aromatic carbocycles. The predicted molar refractivity (Wildman–Crippen MR) is 98.5 cm³/mol. The lowest BCUT2D eigenvalue weighted by Crippen LogP contribution is -2.04. The number of nitrogens with two attached hydrogens (primary N) is 1. The predicted octanol–water partition coefficient (Wildman–Crippen LogP) is 3.97. The van der Waals surface area contributed by atoms with E-state index >= 15 is 0 Å². The van der Waals surface area contributed by atoms with Crippen LogP contribution in [0, 0.1) is 0 Å². The van der Waals surface area contributed by atoms with E-state index in [0.717, 1.165) is 11.1 Å². The van der Waals surface area contributed by atoms with Gasteiger partial charge in [-0.2, -0.15) is 0 Å². The Bertz CT molecular complexity index is 789. The van der Waals surface area contributed by atoms with Crippen molar-refractivity contribution >= 4 is 17.4 Å². The molecule has 0 unspecified atom stereocenters. The minimum atomic E-state index is -0.400. The zero-order chi connectivity index (χ0) is 18.1. The van der Waals surface area contributed by atoms with E-state index < -0.39 is 5.97 Å². The van der Waals surface area contributed by atoms with Crippen LogP contribution in [0.4, 0.5) is 5.69 Å². The van der Waals surface area contributed by atoms with Crippen molar-refractivity contribution in [3.63, 3.8) is 0 Å². The first kappa shape index (κ1) is 17.9. The van der Waals surface area contributed by atoms with E-state index in [1.165, 1.54) is 7.11 Å². The first-order valence-electron chi connectivity index (χ1n) is 7.71. The van der Waals surface area contributed by atoms with Crippen LogP contribution in [0.5, 0.6) is 0 Å². The Morgan fingerprint density at radius 2 is 1.16 bits per heavy atom. The van der Waals surface area contributed by atoms with E-state index in [0.29, 0.717) is 11.3 Å². The monoisotopic (exact) mass is 333 g/mol. The molecule has 0 amide bonds. The number of hydrogen-bond donors (Lipinski definition) is 1. The van der Waals surface area contributed by atoms with Gasteiger partial charge in [-0.3, -0.25) is 4.79 Å². The van der Waals surface area contributed by atoms with Crippen LogP contribution >= 0.6 is 0 Å². The highest BCUT2D eigenvalue weighted by molar-refractivity contribution is 6.08. The van der Waals surface area contributed by atoms with E-state index in [1.54, 1.807) is 24.3 Å². The summed E-state index contributed by atoms with van der Waals surface area (Å²) in [6.45, 7) is 0. The van der Waals surface area contributed by atoms with Crippen molar-refractivity contribution in [1.82, 2.24) is 0 Å². The normalized spacial score (nSPS) is 9.48. The summed E-state index contributed by atoms with van der Waals surface area (Å²) in [6, 6.07) is 25.4. The molecule has 0 aromatic heterocycles. The van der Waals surface area contributed by atoms with Crippen LogP contribution in [0.1, 0.15) is 26.3 Å². The zero-order valence-electron chi connectivity index (χ0n) is 13.9. The minimum Gasteiger partial charge on any atom is -0.465 e. The summed E-state index contributed by atoms with van der Waals surface area (Å²) in [5.41, 5.74) is 7.82. The maximum atomic E-state index is 11.8. The van der Waals surface area contributed by atoms with Gasteiger partial charge >= 0.3 is 5.97 Å². The number of para-hydroxylation sites is 1. The summed E-state index contributed by atoms with van der Waals surface area (Å²) >= 11 is 0. The molecule has 0 aliphatic rings. The van der Waals surface area contributed by atoms with Crippen LogP contribution in [0.2, 0.25) is 0 Å². The van der Waals surface area contributed by atoms with Crippen LogP contribution in [0.3, 0.4) is 0 Å². The van der Waals surface area contributed by atoms with Gasteiger partial charge in [-0.05, 0) is 12.1 Å². The van der Waals surface area contributed by atoms with E-state index in [-0.39, 0.29) is 5.78 Å². The number of ether oxygens (including phenoxy) is 1. The molecule has 126 valence electrons. The molecule has 0 fully saturated rings. The molecule has 0 saturated carbocycles. The average Bonchev–Trinajstić information content (AvgIpc) is 2.69. The maximum absolute atomic E-state index is 11.8. The number of benzene rings is 3. The summed E-state index contributed by atoms with van der Waals surface area (Å²) in [6.07, 6.45) is 0. The molecule has 0 aliphatic heterocycles.